The second-order valence-electron chi connectivity index (χ2n) is 7.25. The Balaban J connectivity index is 1.31. The molecule has 0 spiro atoms. The van der Waals surface area contributed by atoms with Crippen molar-refractivity contribution in [3.05, 3.63) is 65.8 Å². The Bertz CT molecular complexity index is 1030. The summed E-state index contributed by atoms with van der Waals surface area (Å²) in [5.74, 6) is 0.352. The van der Waals surface area contributed by atoms with Crippen LogP contribution in [0.25, 0.3) is 11.4 Å². The fraction of sp³-hybridized carbons (Fsp3) is 0.273. The molecular formula is C22H21FN4O3. The highest BCUT2D eigenvalue weighted by molar-refractivity contribution is 5.99. The van der Waals surface area contributed by atoms with Gasteiger partial charge >= 0.3 is 0 Å². The van der Waals surface area contributed by atoms with Crippen LogP contribution >= 0.6 is 0 Å². The van der Waals surface area contributed by atoms with E-state index >= 15 is 0 Å². The molecule has 2 amide bonds. The first kappa shape index (κ1) is 19.8. The number of aromatic nitrogens is 2. The number of carbonyl (C=O) groups excluding carboxylic acids is 2. The van der Waals surface area contributed by atoms with Crippen molar-refractivity contribution in [3.8, 4) is 11.4 Å². The molecule has 1 heterocycles. The fourth-order valence-electron chi connectivity index (χ4n) is 3.46. The topological polar surface area (TPSA) is 97.1 Å². The van der Waals surface area contributed by atoms with Crippen molar-refractivity contribution in [2.45, 2.75) is 31.6 Å². The smallest absolute Gasteiger partial charge is 0.251 e. The van der Waals surface area contributed by atoms with Crippen LogP contribution in [0.5, 0.6) is 0 Å². The van der Waals surface area contributed by atoms with Gasteiger partial charge in [0.05, 0.1) is 6.54 Å². The predicted molar refractivity (Wildman–Crippen MR) is 108 cm³/mol. The monoisotopic (exact) mass is 408 g/mol. The van der Waals surface area contributed by atoms with Crippen LogP contribution < -0.4 is 10.6 Å². The maximum atomic E-state index is 12.9. The third-order valence-electron chi connectivity index (χ3n) is 5.09. The lowest BCUT2D eigenvalue weighted by Crippen LogP contribution is -2.32. The molecule has 4 rings (SSSR count). The summed E-state index contributed by atoms with van der Waals surface area (Å²) in [6, 6.07) is 12.2. The molecule has 8 heteroatoms. The second-order valence-corrected chi connectivity index (χ2v) is 7.25. The molecule has 0 aliphatic heterocycles. The molecule has 2 N–H and O–H groups in total. The van der Waals surface area contributed by atoms with Crippen molar-refractivity contribution in [2.75, 3.05) is 11.9 Å². The number of anilines is 1. The fourth-order valence-corrected chi connectivity index (χ4v) is 3.46. The maximum absolute atomic E-state index is 12.9. The number of hydrogen-bond donors (Lipinski definition) is 2. The lowest BCUT2D eigenvalue weighted by Gasteiger charge is -2.07. The summed E-state index contributed by atoms with van der Waals surface area (Å²) in [5.41, 5.74) is 1.62. The molecule has 0 bridgehead atoms. The normalized spacial score (nSPS) is 13.9. The molecule has 1 aliphatic rings. The molecule has 1 saturated carbocycles. The summed E-state index contributed by atoms with van der Waals surface area (Å²) in [5, 5.41) is 9.19. The van der Waals surface area contributed by atoms with Crippen LogP contribution in [-0.2, 0) is 4.79 Å². The average molecular weight is 408 g/mol. The first-order valence-corrected chi connectivity index (χ1v) is 9.86. The highest BCUT2D eigenvalue weighted by atomic mass is 19.1. The van der Waals surface area contributed by atoms with Crippen LogP contribution in [0, 0.1) is 5.82 Å². The molecule has 30 heavy (non-hydrogen) atoms. The molecule has 0 radical (unpaired) electrons. The second kappa shape index (κ2) is 8.86. The van der Waals surface area contributed by atoms with Crippen LogP contribution in [0.2, 0.25) is 0 Å². The summed E-state index contributed by atoms with van der Waals surface area (Å²) in [6.45, 7) is -0.201. The van der Waals surface area contributed by atoms with Gasteiger partial charge in [-0.25, -0.2) is 4.39 Å². The maximum Gasteiger partial charge on any atom is 0.251 e. The Morgan fingerprint density at radius 3 is 2.43 bits per heavy atom. The van der Waals surface area contributed by atoms with Crippen LogP contribution in [0.1, 0.15) is 47.8 Å². The van der Waals surface area contributed by atoms with Gasteiger partial charge in [0.15, 0.2) is 0 Å². The van der Waals surface area contributed by atoms with E-state index in [1.54, 1.807) is 24.3 Å². The molecule has 0 saturated heterocycles. The van der Waals surface area contributed by atoms with Gasteiger partial charge in [-0.3, -0.25) is 9.59 Å². The molecule has 0 atom stereocenters. The van der Waals surface area contributed by atoms with Crippen molar-refractivity contribution < 1.29 is 18.5 Å². The van der Waals surface area contributed by atoms with Crippen molar-refractivity contribution in [2.24, 2.45) is 0 Å². The first-order chi connectivity index (χ1) is 14.6. The minimum atomic E-state index is -0.405. The van der Waals surface area contributed by atoms with Gasteiger partial charge in [0, 0.05) is 22.7 Å². The molecule has 1 aliphatic carbocycles. The molecule has 0 unspecified atom stereocenters. The molecule has 3 aromatic rings. The van der Waals surface area contributed by atoms with Gasteiger partial charge < -0.3 is 15.2 Å². The molecule has 2 aromatic carbocycles. The van der Waals surface area contributed by atoms with Crippen LogP contribution in [-0.4, -0.2) is 28.5 Å². The van der Waals surface area contributed by atoms with Crippen molar-refractivity contribution in [1.82, 2.24) is 15.5 Å². The first-order valence-electron chi connectivity index (χ1n) is 9.86. The largest absolute Gasteiger partial charge is 0.343 e. The zero-order valence-corrected chi connectivity index (χ0v) is 16.2. The standard InChI is InChI=1S/C22H21FN4O3/c23-17-9-11-18(12-10-17)25-19(28)13-24-21(29)15-7-5-14(6-8-15)20-26-22(30-27-20)16-3-1-2-4-16/h5-12,16H,1-4,13H2,(H,24,29)(H,25,28). The zero-order valence-electron chi connectivity index (χ0n) is 16.2. The molecule has 154 valence electrons. The predicted octanol–water partition coefficient (Wildman–Crippen LogP) is 3.90. The van der Waals surface area contributed by atoms with Crippen molar-refractivity contribution in [1.29, 1.82) is 0 Å². The van der Waals surface area contributed by atoms with E-state index in [0.717, 1.165) is 18.4 Å². The summed E-state index contributed by atoms with van der Waals surface area (Å²) in [4.78, 5) is 28.7. The summed E-state index contributed by atoms with van der Waals surface area (Å²) in [6.07, 6.45) is 4.53. The van der Waals surface area contributed by atoms with E-state index in [1.165, 1.54) is 37.1 Å². The lowest BCUT2D eigenvalue weighted by molar-refractivity contribution is -0.115. The third kappa shape index (κ3) is 4.71. The lowest BCUT2D eigenvalue weighted by atomic mass is 10.1. The summed E-state index contributed by atoms with van der Waals surface area (Å²) in [7, 11) is 0. The average Bonchev–Trinajstić information content (AvgIpc) is 3.46. The van der Waals surface area contributed by atoms with E-state index < -0.39 is 5.91 Å². The highest BCUT2D eigenvalue weighted by Crippen LogP contribution is 2.33. The minimum absolute atomic E-state index is 0.201. The Kier molecular flexibility index (Phi) is 5.83. The van der Waals surface area contributed by atoms with E-state index in [4.69, 9.17) is 4.52 Å². The van der Waals surface area contributed by atoms with Crippen LogP contribution in [0.4, 0.5) is 10.1 Å². The van der Waals surface area contributed by atoms with E-state index in [0.29, 0.717) is 28.9 Å². The van der Waals surface area contributed by atoms with E-state index in [1.807, 2.05) is 0 Å². The summed E-state index contributed by atoms with van der Waals surface area (Å²) >= 11 is 0. The van der Waals surface area contributed by atoms with Crippen LogP contribution in [0.3, 0.4) is 0 Å². The number of rotatable bonds is 6. The van der Waals surface area contributed by atoms with Gasteiger partial charge in [0.2, 0.25) is 17.6 Å². The Hall–Kier alpha value is -3.55. The molecule has 7 nitrogen and oxygen atoms in total. The highest BCUT2D eigenvalue weighted by Gasteiger charge is 2.23. The number of nitrogens with zero attached hydrogens (tertiary/aromatic N) is 2. The Morgan fingerprint density at radius 1 is 1.03 bits per heavy atom. The van der Waals surface area contributed by atoms with Gasteiger partial charge in [-0.2, -0.15) is 4.98 Å². The molecule has 1 aromatic heterocycles. The summed E-state index contributed by atoms with van der Waals surface area (Å²) < 4.78 is 18.3. The zero-order chi connectivity index (χ0) is 20.9. The number of nitrogens with one attached hydrogen (secondary N) is 2. The Labute approximate surface area is 172 Å². The number of amides is 2. The number of benzene rings is 2. The minimum Gasteiger partial charge on any atom is -0.343 e. The van der Waals surface area contributed by atoms with Gasteiger partial charge in [-0.1, -0.05) is 30.1 Å². The van der Waals surface area contributed by atoms with Gasteiger partial charge in [-0.15, -0.1) is 0 Å². The van der Waals surface area contributed by atoms with E-state index in [2.05, 4.69) is 20.8 Å². The van der Waals surface area contributed by atoms with Gasteiger partial charge in [0.25, 0.3) is 5.91 Å². The number of halogens is 1. The van der Waals surface area contributed by atoms with Gasteiger partial charge in [0.1, 0.15) is 5.82 Å². The molecule has 1 fully saturated rings. The number of carbonyl (C=O) groups is 2. The van der Waals surface area contributed by atoms with Crippen LogP contribution in [0.15, 0.2) is 53.1 Å². The van der Waals surface area contributed by atoms with E-state index in [9.17, 15) is 14.0 Å². The van der Waals surface area contributed by atoms with Crippen molar-refractivity contribution in [3.63, 3.8) is 0 Å². The SMILES string of the molecule is O=C(CNC(=O)c1ccc(-c2noc(C3CCCC3)n2)cc1)Nc1ccc(F)cc1. The quantitative estimate of drug-likeness (QED) is 0.645. The number of hydrogen-bond acceptors (Lipinski definition) is 5. The van der Waals surface area contributed by atoms with Crippen molar-refractivity contribution >= 4 is 17.5 Å². The van der Waals surface area contributed by atoms with E-state index in [-0.39, 0.29) is 18.3 Å². The molecular weight excluding hydrogens is 387 g/mol. The third-order valence-corrected chi connectivity index (χ3v) is 5.09. The van der Waals surface area contributed by atoms with Gasteiger partial charge in [-0.05, 0) is 49.2 Å². The Morgan fingerprint density at radius 2 is 1.73 bits per heavy atom.